The van der Waals surface area contributed by atoms with E-state index in [0.717, 1.165) is 18.8 Å². The van der Waals surface area contributed by atoms with Crippen LogP contribution in [0.3, 0.4) is 0 Å². The molecular weight excluding hydrogens is 130 g/mol. The monoisotopic (exact) mass is 143 g/mol. The molecule has 1 heterocycles. The Morgan fingerprint density at radius 3 is 3.30 bits per heavy atom. The van der Waals surface area contributed by atoms with E-state index in [1.807, 2.05) is 0 Å². The first-order chi connectivity index (χ1) is 4.88. The Balaban J connectivity index is 2.49. The van der Waals surface area contributed by atoms with E-state index in [-0.39, 0.29) is 0 Å². The largest absolute Gasteiger partial charge is 0.399 e. The number of hydrogen-bond donors (Lipinski definition) is 2. The van der Waals surface area contributed by atoms with Gasteiger partial charge in [-0.25, -0.2) is 0 Å². The lowest BCUT2D eigenvalue weighted by molar-refractivity contribution is 0.211. The van der Waals surface area contributed by atoms with Gasteiger partial charge < -0.3 is 15.9 Å². The third-order valence-corrected chi connectivity index (χ3v) is 1.66. The van der Waals surface area contributed by atoms with Crippen molar-refractivity contribution in [3.63, 3.8) is 0 Å². The normalized spacial score (nSPS) is 29.4. The second-order valence-corrected chi connectivity index (χ2v) is 2.33. The average Bonchev–Trinajstić information content (AvgIpc) is 2.36. The average molecular weight is 143 g/mol. The zero-order valence-electron chi connectivity index (χ0n) is 6.13. The van der Waals surface area contributed by atoms with Crippen molar-refractivity contribution in [2.24, 2.45) is 16.8 Å². The van der Waals surface area contributed by atoms with Gasteiger partial charge >= 0.3 is 0 Å². The summed E-state index contributed by atoms with van der Waals surface area (Å²) in [4.78, 5) is 4.65. The van der Waals surface area contributed by atoms with E-state index in [9.17, 15) is 0 Å². The minimum absolute atomic E-state index is 0.375. The van der Waals surface area contributed by atoms with Crippen LogP contribution in [0.1, 0.15) is 0 Å². The van der Waals surface area contributed by atoms with E-state index in [1.54, 1.807) is 7.11 Å². The van der Waals surface area contributed by atoms with Gasteiger partial charge in [-0.05, 0) is 0 Å². The molecule has 58 valence electrons. The Kier molecular flexibility index (Phi) is 2.65. The molecule has 0 aromatic rings. The van der Waals surface area contributed by atoms with Crippen molar-refractivity contribution in [2.75, 3.05) is 26.7 Å². The zero-order valence-corrected chi connectivity index (χ0v) is 6.13. The van der Waals surface area contributed by atoms with Gasteiger partial charge in [0.25, 0.3) is 0 Å². The molecule has 1 atom stereocenters. The number of nitrogens with zero attached hydrogens (tertiary/aromatic N) is 1. The molecule has 4 heteroatoms. The molecule has 0 bridgehead atoms. The molecule has 3 N–H and O–H groups in total. The van der Waals surface area contributed by atoms with Crippen molar-refractivity contribution in [2.45, 2.75) is 0 Å². The zero-order chi connectivity index (χ0) is 7.40. The fourth-order valence-electron chi connectivity index (χ4n) is 1.08. The van der Waals surface area contributed by atoms with E-state index >= 15 is 0 Å². The van der Waals surface area contributed by atoms with Crippen molar-refractivity contribution in [3.05, 3.63) is 0 Å². The molecule has 1 aliphatic rings. The van der Waals surface area contributed by atoms with Crippen LogP contribution in [-0.4, -0.2) is 32.5 Å². The fourth-order valence-corrected chi connectivity index (χ4v) is 1.08. The van der Waals surface area contributed by atoms with E-state index in [4.69, 9.17) is 5.73 Å². The molecule has 1 fully saturated rings. The third-order valence-electron chi connectivity index (χ3n) is 1.66. The van der Waals surface area contributed by atoms with Crippen LogP contribution in [0.25, 0.3) is 0 Å². The highest BCUT2D eigenvalue weighted by Crippen LogP contribution is 2.02. The van der Waals surface area contributed by atoms with Crippen LogP contribution in [0.15, 0.2) is 5.16 Å². The molecule has 1 rings (SSSR count). The van der Waals surface area contributed by atoms with Crippen LogP contribution in [0.2, 0.25) is 0 Å². The van der Waals surface area contributed by atoms with E-state index in [2.05, 4.69) is 15.3 Å². The lowest BCUT2D eigenvalue weighted by atomic mass is 10.1. The first-order valence-electron chi connectivity index (χ1n) is 3.39. The van der Waals surface area contributed by atoms with Gasteiger partial charge in [0, 0.05) is 25.6 Å². The molecule has 0 amide bonds. The summed E-state index contributed by atoms with van der Waals surface area (Å²) in [5, 5.41) is 7.02. The van der Waals surface area contributed by atoms with Crippen LogP contribution in [0, 0.1) is 5.92 Å². The van der Waals surface area contributed by atoms with E-state index in [0.29, 0.717) is 12.5 Å². The third kappa shape index (κ3) is 1.46. The Bertz CT molecular complexity index is 135. The van der Waals surface area contributed by atoms with Crippen molar-refractivity contribution < 1.29 is 4.84 Å². The summed E-state index contributed by atoms with van der Waals surface area (Å²) >= 11 is 0. The predicted molar refractivity (Wildman–Crippen MR) is 39.9 cm³/mol. The predicted octanol–water partition coefficient (Wildman–Crippen LogP) is -0.833. The Hall–Kier alpha value is -0.610. The maximum atomic E-state index is 5.48. The molecule has 0 aromatic heterocycles. The number of hydrogen-bond acceptors (Lipinski definition) is 4. The van der Waals surface area contributed by atoms with Gasteiger partial charge in [-0.1, -0.05) is 5.16 Å². The molecule has 0 saturated carbocycles. The topological polar surface area (TPSA) is 59.6 Å². The van der Waals surface area contributed by atoms with Gasteiger partial charge in [0.1, 0.15) is 7.11 Å². The van der Waals surface area contributed by atoms with Crippen LogP contribution in [0.5, 0.6) is 0 Å². The highest BCUT2D eigenvalue weighted by molar-refractivity contribution is 5.90. The molecule has 0 radical (unpaired) electrons. The lowest BCUT2D eigenvalue weighted by Crippen LogP contribution is -2.22. The van der Waals surface area contributed by atoms with Gasteiger partial charge in [-0.15, -0.1) is 0 Å². The molecule has 4 nitrogen and oxygen atoms in total. The van der Waals surface area contributed by atoms with Gasteiger partial charge in [0.05, 0.1) is 5.71 Å². The highest BCUT2D eigenvalue weighted by Gasteiger charge is 2.20. The van der Waals surface area contributed by atoms with Crippen molar-refractivity contribution >= 4 is 5.71 Å². The minimum Gasteiger partial charge on any atom is -0.399 e. The van der Waals surface area contributed by atoms with E-state index in [1.165, 1.54) is 0 Å². The second kappa shape index (κ2) is 3.53. The minimum atomic E-state index is 0.375. The summed E-state index contributed by atoms with van der Waals surface area (Å²) in [6.45, 7) is 2.39. The molecule has 0 aromatic carbocycles. The van der Waals surface area contributed by atoms with Gasteiger partial charge in [-0.2, -0.15) is 0 Å². The number of oxime groups is 1. The summed E-state index contributed by atoms with van der Waals surface area (Å²) in [5.41, 5.74) is 6.51. The van der Waals surface area contributed by atoms with Crippen molar-refractivity contribution in [1.82, 2.24) is 5.32 Å². The fraction of sp³-hybridized carbons (Fsp3) is 0.833. The number of nitrogens with one attached hydrogen (secondary N) is 1. The summed E-state index contributed by atoms with van der Waals surface area (Å²) in [7, 11) is 1.55. The molecule has 1 saturated heterocycles. The van der Waals surface area contributed by atoms with Crippen LogP contribution >= 0.6 is 0 Å². The quantitative estimate of drug-likeness (QED) is 0.496. The summed E-state index contributed by atoms with van der Waals surface area (Å²) < 4.78 is 0. The highest BCUT2D eigenvalue weighted by atomic mass is 16.6. The lowest BCUT2D eigenvalue weighted by Gasteiger charge is -2.03. The SMILES string of the molecule is CO/N=C1/CNC[C@@H]1CN. The van der Waals surface area contributed by atoms with Crippen LogP contribution in [-0.2, 0) is 4.84 Å². The first kappa shape index (κ1) is 7.50. The van der Waals surface area contributed by atoms with Crippen LogP contribution in [0.4, 0.5) is 0 Å². The van der Waals surface area contributed by atoms with Gasteiger partial charge in [0.15, 0.2) is 0 Å². The van der Waals surface area contributed by atoms with E-state index < -0.39 is 0 Å². The summed E-state index contributed by atoms with van der Waals surface area (Å²) in [6.07, 6.45) is 0. The Morgan fingerprint density at radius 2 is 2.70 bits per heavy atom. The first-order valence-corrected chi connectivity index (χ1v) is 3.39. The van der Waals surface area contributed by atoms with Gasteiger partial charge in [-0.3, -0.25) is 0 Å². The smallest absolute Gasteiger partial charge is 0.106 e. The molecule has 0 unspecified atom stereocenters. The Labute approximate surface area is 60.4 Å². The molecular formula is C6H13N3O. The second-order valence-electron chi connectivity index (χ2n) is 2.33. The molecule has 0 aliphatic carbocycles. The molecule has 0 spiro atoms. The van der Waals surface area contributed by atoms with Crippen molar-refractivity contribution in [3.8, 4) is 0 Å². The molecule has 10 heavy (non-hydrogen) atoms. The van der Waals surface area contributed by atoms with Gasteiger partial charge in [0.2, 0.25) is 0 Å². The molecule has 1 aliphatic heterocycles. The number of nitrogens with two attached hydrogens (primary N) is 1. The maximum absolute atomic E-state index is 5.48. The summed E-state index contributed by atoms with van der Waals surface area (Å²) in [5.74, 6) is 0.375. The summed E-state index contributed by atoms with van der Waals surface area (Å²) in [6, 6.07) is 0. The standard InChI is InChI=1S/C6H13N3O/c1-10-9-6-4-8-3-5(6)2-7/h5,8H,2-4,7H2,1H3/b9-6-/t5-/m0/s1. The number of rotatable bonds is 2. The van der Waals surface area contributed by atoms with Crippen LogP contribution < -0.4 is 11.1 Å². The van der Waals surface area contributed by atoms with Crippen molar-refractivity contribution in [1.29, 1.82) is 0 Å². The Morgan fingerprint density at radius 1 is 1.90 bits per heavy atom. The maximum Gasteiger partial charge on any atom is 0.106 e.